The number of halogens is 2. The van der Waals surface area contributed by atoms with Crippen LogP contribution in [0.3, 0.4) is 0 Å². The van der Waals surface area contributed by atoms with E-state index in [9.17, 15) is 0 Å². The van der Waals surface area contributed by atoms with E-state index in [4.69, 9.17) is 23.2 Å². The first-order chi connectivity index (χ1) is 5.65. The lowest BCUT2D eigenvalue weighted by molar-refractivity contribution is 1.44. The molecule has 62 valence electrons. The van der Waals surface area contributed by atoms with Crippen LogP contribution in [0.5, 0.6) is 0 Å². The summed E-state index contributed by atoms with van der Waals surface area (Å²) in [6.07, 6.45) is 0. The summed E-state index contributed by atoms with van der Waals surface area (Å²) in [5.41, 5.74) is 1.48. The molecule has 1 nitrogen and oxygen atoms in total. The number of aliphatic imine (C=N–C) groups is 1. The van der Waals surface area contributed by atoms with Crippen LogP contribution in [-0.4, -0.2) is 5.16 Å². The molecule has 0 heterocycles. The fraction of sp³-hybridized carbons (Fsp3) is 0.125. The molecule has 0 amide bonds. The molecule has 0 unspecified atom stereocenters. The average molecular weight is 218 g/mol. The Morgan fingerprint density at radius 1 is 1.33 bits per heavy atom. The van der Waals surface area contributed by atoms with E-state index in [1.165, 1.54) is 0 Å². The lowest BCUT2D eigenvalue weighted by Gasteiger charge is -2.00. The van der Waals surface area contributed by atoms with Crippen molar-refractivity contribution in [2.75, 3.05) is 0 Å². The van der Waals surface area contributed by atoms with Gasteiger partial charge in [-0.2, -0.15) is 4.99 Å². The third-order valence-electron chi connectivity index (χ3n) is 1.44. The molecule has 0 radical (unpaired) electrons. The fourth-order valence-corrected chi connectivity index (χ4v) is 1.33. The zero-order valence-electron chi connectivity index (χ0n) is 6.27. The minimum absolute atomic E-state index is 0.589. The molecule has 0 aliphatic heterocycles. The fourth-order valence-electron chi connectivity index (χ4n) is 0.749. The highest BCUT2D eigenvalue weighted by Crippen LogP contribution is 2.29. The lowest BCUT2D eigenvalue weighted by Crippen LogP contribution is -1.76. The maximum atomic E-state index is 5.85. The van der Waals surface area contributed by atoms with E-state index in [2.05, 4.69) is 22.4 Å². The third-order valence-corrected chi connectivity index (χ3v) is 2.32. The van der Waals surface area contributed by atoms with E-state index in [0.29, 0.717) is 15.7 Å². The molecule has 0 saturated heterocycles. The Labute approximate surface area is 86.0 Å². The van der Waals surface area contributed by atoms with Crippen LogP contribution in [0.25, 0.3) is 0 Å². The van der Waals surface area contributed by atoms with Gasteiger partial charge in [-0.3, -0.25) is 0 Å². The van der Waals surface area contributed by atoms with Gasteiger partial charge in [0.05, 0.1) is 10.8 Å². The molecule has 1 aromatic rings. The second-order valence-electron chi connectivity index (χ2n) is 2.24. The van der Waals surface area contributed by atoms with Gasteiger partial charge in [0.1, 0.15) is 0 Å². The summed E-state index contributed by atoms with van der Waals surface area (Å²) >= 11 is 16.1. The highest BCUT2D eigenvalue weighted by atomic mass is 35.5. The van der Waals surface area contributed by atoms with E-state index < -0.39 is 0 Å². The molecule has 4 heteroatoms. The monoisotopic (exact) mass is 217 g/mol. The maximum Gasteiger partial charge on any atom is 0.0769 e. The predicted molar refractivity (Wildman–Crippen MR) is 55.9 cm³/mol. The van der Waals surface area contributed by atoms with Crippen LogP contribution < -0.4 is 0 Å². The molecule has 1 aromatic carbocycles. The smallest absolute Gasteiger partial charge is 0.0769 e. The molecule has 12 heavy (non-hydrogen) atoms. The minimum atomic E-state index is 0.589. The zero-order chi connectivity index (χ0) is 9.14. The molecule has 0 aliphatic rings. The topological polar surface area (TPSA) is 12.4 Å². The van der Waals surface area contributed by atoms with Gasteiger partial charge in [0.15, 0.2) is 0 Å². The first-order valence-corrected chi connectivity index (χ1v) is 4.35. The van der Waals surface area contributed by atoms with Crippen LogP contribution in [0, 0.1) is 6.92 Å². The molecule has 0 N–H and O–H groups in total. The molecule has 0 saturated carbocycles. The second-order valence-corrected chi connectivity index (χ2v) is 3.23. The van der Waals surface area contributed by atoms with Crippen LogP contribution in [0.2, 0.25) is 10.0 Å². The number of nitrogens with zero attached hydrogens (tertiary/aromatic N) is 1. The molecule has 0 fully saturated rings. The summed E-state index contributed by atoms with van der Waals surface area (Å²) in [7, 11) is 0. The van der Waals surface area contributed by atoms with Gasteiger partial charge in [0.2, 0.25) is 0 Å². The van der Waals surface area contributed by atoms with Crippen molar-refractivity contribution in [2.45, 2.75) is 6.92 Å². The van der Waals surface area contributed by atoms with Crippen molar-refractivity contribution in [3.05, 3.63) is 27.7 Å². The van der Waals surface area contributed by atoms with Crippen LogP contribution >= 0.6 is 35.4 Å². The molecule has 1 rings (SSSR count). The Morgan fingerprint density at radius 2 is 1.83 bits per heavy atom. The number of benzene rings is 1. The molecule has 0 spiro atoms. The summed E-state index contributed by atoms with van der Waals surface area (Å²) in [6.45, 7) is 1.84. The second kappa shape index (κ2) is 4.01. The summed E-state index contributed by atoms with van der Waals surface area (Å²) in [5, 5.41) is 3.43. The molecule has 0 aliphatic carbocycles. The number of hydrogen-bond donors (Lipinski definition) is 0. The Hall–Kier alpha value is -0.400. The molecule has 0 atom stereocenters. The van der Waals surface area contributed by atoms with Crippen molar-refractivity contribution in [3.8, 4) is 0 Å². The van der Waals surface area contributed by atoms with Crippen molar-refractivity contribution in [2.24, 2.45) is 4.99 Å². The number of rotatable bonds is 1. The standard InChI is InChI=1S/C8H5Cl2NS/c1-5-7(9)2-6(11-4-12)3-8(5)10/h2-3H,1H3. The largest absolute Gasteiger partial charge is 0.195 e. The van der Waals surface area contributed by atoms with Crippen molar-refractivity contribution in [1.82, 2.24) is 0 Å². The summed E-state index contributed by atoms with van der Waals surface area (Å²) < 4.78 is 0. The zero-order valence-corrected chi connectivity index (χ0v) is 8.59. The van der Waals surface area contributed by atoms with Gasteiger partial charge in [-0.1, -0.05) is 23.2 Å². The Bertz CT molecular complexity index is 333. The van der Waals surface area contributed by atoms with Gasteiger partial charge in [0.25, 0.3) is 0 Å². The number of hydrogen-bond acceptors (Lipinski definition) is 2. The Kier molecular flexibility index (Phi) is 3.24. The predicted octanol–water partition coefficient (Wildman–Crippen LogP) is 4.04. The SMILES string of the molecule is Cc1c(Cl)cc(N=C=S)cc1Cl. The first-order valence-electron chi connectivity index (χ1n) is 3.18. The summed E-state index contributed by atoms with van der Waals surface area (Å²) in [6, 6.07) is 3.39. The van der Waals surface area contributed by atoms with E-state index in [-0.39, 0.29) is 0 Å². The number of isothiocyanates is 1. The van der Waals surface area contributed by atoms with Crippen molar-refractivity contribution < 1.29 is 0 Å². The van der Waals surface area contributed by atoms with Crippen LogP contribution in [0.1, 0.15) is 5.56 Å². The van der Waals surface area contributed by atoms with Gasteiger partial charge in [-0.15, -0.1) is 0 Å². The van der Waals surface area contributed by atoms with Crippen molar-refractivity contribution in [3.63, 3.8) is 0 Å². The third kappa shape index (κ3) is 2.05. The lowest BCUT2D eigenvalue weighted by atomic mass is 10.2. The van der Waals surface area contributed by atoms with Crippen LogP contribution in [-0.2, 0) is 0 Å². The molecular formula is C8H5Cl2NS. The van der Waals surface area contributed by atoms with Crippen molar-refractivity contribution >= 4 is 46.3 Å². The molecular weight excluding hydrogens is 213 g/mol. The van der Waals surface area contributed by atoms with Gasteiger partial charge < -0.3 is 0 Å². The van der Waals surface area contributed by atoms with E-state index >= 15 is 0 Å². The van der Waals surface area contributed by atoms with Crippen LogP contribution in [0.15, 0.2) is 17.1 Å². The highest BCUT2D eigenvalue weighted by molar-refractivity contribution is 7.78. The first kappa shape index (κ1) is 9.69. The summed E-state index contributed by atoms with van der Waals surface area (Å²) in [4.78, 5) is 3.77. The van der Waals surface area contributed by atoms with Gasteiger partial charge >= 0.3 is 0 Å². The van der Waals surface area contributed by atoms with E-state index in [1.54, 1.807) is 12.1 Å². The van der Waals surface area contributed by atoms with Crippen molar-refractivity contribution in [1.29, 1.82) is 0 Å². The van der Waals surface area contributed by atoms with E-state index in [0.717, 1.165) is 5.56 Å². The Balaban J connectivity index is 3.30. The van der Waals surface area contributed by atoms with Gasteiger partial charge in [-0.05, 0) is 36.8 Å². The van der Waals surface area contributed by atoms with Gasteiger partial charge in [-0.25, -0.2) is 0 Å². The summed E-state index contributed by atoms with van der Waals surface area (Å²) in [5.74, 6) is 0. The van der Waals surface area contributed by atoms with Gasteiger partial charge in [0, 0.05) is 10.0 Å². The molecule has 0 bridgehead atoms. The maximum absolute atomic E-state index is 5.85. The number of thiocarbonyl (C=S) groups is 1. The normalized spacial score (nSPS) is 9.25. The van der Waals surface area contributed by atoms with E-state index in [1.807, 2.05) is 6.92 Å². The average Bonchev–Trinajstić information content (AvgIpc) is 2.01. The quantitative estimate of drug-likeness (QED) is 0.511. The van der Waals surface area contributed by atoms with Crippen LogP contribution in [0.4, 0.5) is 5.69 Å². The molecule has 0 aromatic heterocycles. The Morgan fingerprint density at radius 3 is 2.25 bits per heavy atom. The minimum Gasteiger partial charge on any atom is -0.195 e. The highest BCUT2D eigenvalue weighted by Gasteiger charge is 2.02.